The highest BCUT2D eigenvalue weighted by Crippen LogP contribution is 2.39. The second-order valence-corrected chi connectivity index (χ2v) is 5.77. The van der Waals surface area contributed by atoms with Gasteiger partial charge in [-0.2, -0.15) is 9.71 Å². The Balaban J connectivity index is 2.09. The molecule has 0 aliphatic heterocycles. The zero-order valence-electron chi connectivity index (χ0n) is 12.5. The van der Waals surface area contributed by atoms with Crippen LogP contribution in [0.1, 0.15) is 5.69 Å². The van der Waals surface area contributed by atoms with Crippen molar-refractivity contribution in [2.24, 2.45) is 0 Å². The second-order valence-electron chi connectivity index (χ2n) is 5.02. The van der Waals surface area contributed by atoms with Gasteiger partial charge in [0.1, 0.15) is 5.56 Å². The lowest BCUT2D eigenvalue weighted by atomic mass is 10.1. The molecule has 3 rings (SSSR count). The number of aromatic nitrogens is 3. The highest BCUT2D eigenvalue weighted by atomic mass is 79.9. The van der Waals surface area contributed by atoms with Crippen LogP contribution in [-0.4, -0.2) is 25.3 Å². The average molecular weight is 409 g/mol. The van der Waals surface area contributed by atoms with Gasteiger partial charge in [0.25, 0.3) is 10.5 Å². The zero-order chi connectivity index (χ0) is 18.3. The molecule has 1 aromatic carbocycles. The first-order valence-corrected chi connectivity index (χ1v) is 7.52. The number of halogens is 1. The molecule has 0 aliphatic rings. The first-order valence-electron chi connectivity index (χ1n) is 6.73. The Morgan fingerprint density at radius 3 is 2.72 bits per heavy atom. The Bertz CT molecular complexity index is 1000. The van der Waals surface area contributed by atoms with E-state index in [1.165, 1.54) is 0 Å². The average Bonchev–Trinajstić information content (AvgIpc) is 3.04. The van der Waals surface area contributed by atoms with Crippen LogP contribution in [0.5, 0.6) is 11.5 Å². The number of rotatable bonds is 3. The van der Waals surface area contributed by atoms with Gasteiger partial charge in [0.15, 0.2) is 11.4 Å². The van der Waals surface area contributed by atoms with Gasteiger partial charge in [0.05, 0.1) is 10.5 Å². The molecular weight excluding hydrogens is 400 g/mol. The fourth-order valence-corrected chi connectivity index (χ4v) is 2.68. The smallest absolute Gasteiger partial charge is 0.315 e. The number of benzene rings is 1. The van der Waals surface area contributed by atoms with E-state index in [0.717, 1.165) is 12.1 Å². The largest absolute Gasteiger partial charge is 0.618 e. The maximum Gasteiger partial charge on any atom is 0.315 e. The number of nitrogens with zero attached hydrogens (tertiary/aromatic N) is 4. The first-order chi connectivity index (χ1) is 11.8. The maximum atomic E-state index is 11.9. The van der Waals surface area contributed by atoms with Crippen molar-refractivity contribution in [3.05, 3.63) is 49.9 Å². The molecular formula is C14H9BrN4O6. The Morgan fingerprint density at radius 2 is 2.04 bits per heavy atom. The van der Waals surface area contributed by atoms with Crippen LogP contribution in [0.4, 0.5) is 5.69 Å². The van der Waals surface area contributed by atoms with Gasteiger partial charge in [-0.15, -0.1) is 0 Å². The minimum atomic E-state index is -0.859. The van der Waals surface area contributed by atoms with Crippen LogP contribution in [-0.2, 0) is 0 Å². The van der Waals surface area contributed by atoms with E-state index in [0.29, 0.717) is 16.0 Å². The molecule has 0 saturated heterocycles. The summed E-state index contributed by atoms with van der Waals surface area (Å²) >= 11 is 3.15. The molecule has 10 nitrogen and oxygen atoms in total. The summed E-state index contributed by atoms with van der Waals surface area (Å²) in [5, 5.41) is 45.7. The lowest BCUT2D eigenvalue weighted by Crippen LogP contribution is -2.32. The molecule has 2 aromatic heterocycles. The Labute approximate surface area is 147 Å². The third kappa shape index (κ3) is 2.85. The van der Waals surface area contributed by atoms with Gasteiger partial charge in [-0.1, -0.05) is 5.16 Å². The van der Waals surface area contributed by atoms with Crippen LogP contribution in [0.3, 0.4) is 0 Å². The minimum Gasteiger partial charge on any atom is -0.618 e. The topological polar surface area (TPSA) is 149 Å². The van der Waals surface area contributed by atoms with E-state index in [2.05, 4.69) is 26.1 Å². The van der Waals surface area contributed by atoms with Crippen LogP contribution in [0.15, 0.2) is 33.4 Å². The highest BCUT2D eigenvalue weighted by Gasteiger charge is 2.23. The lowest BCUT2D eigenvalue weighted by molar-refractivity contribution is -0.623. The molecule has 2 heterocycles. The number of nitro benzene ring substituents is 1. The number of nitro groups is 1. The third-order valence-corrected chi connectivity index (χ3v) is 4.14. The van der Waals surface area contributed by atoms with Gasteiger partial charge >= 0.3 is 5.69 Å². The van der Waals surface area contributed by atoms with Crippen LogP contribution in [0.2, 0.25) is 0 Å². The fraction of sp³-hybridized carbons (Fsp3) is 0.0714. The summed E-state index contributed by atoms with van der Waals surface area (Å²) in [7, 11) is 0. The third-order valence-electron chi connectivity index (χ3n) is 3.39. The Morgan fingerprint density at radius 1 is 1.32 bits per heavy atom. The number of hydrogen-bond donors (Lipinski definition) is 2. The minimum absolute atomic E-state index is 0.0407. The SMILES string of the molecule is Cc1ccc(-c2noc(-c3cc(O)c(O)c([N+](=O)[O-])c3)n2)c(Br)[n+]1[O-]. The van der Waals surface area contributed by atoms with E-state index in [1.807, 2.05) is 0 Å². The predicted octanol–water partition coefficient (Wildman–Crippen LogP) is 2.43. The summed E-state index contributed by atoms with van der Waals surface area (Å²) in [6.45, 7) is 1.63. The molecule has 0 unspecified atom stereocenters. The highest BCUT2D eigenvalue weighted by molar-refractivity contribution is 9.10. The molecule has 25 heavy (non-hydrogen) atoms. The number of aryl methyl sites for hydroxylation is 1. The monoisotopic (exact) mass is 408 g/mol. The van der Waals surface area contributed by atoms with Gasteiger partial charge in [-0.25, -0.2) is 0 Å². The van der Waals surface area contributed by atoms with Crippen molar-refractivity contribution in [2.75, 3.05) is 0 Å². The van der Waals surface area contributed by atoms with E-state index in [-0.39, 0.29) is 21.9 Å². The molecule has 3 aromatic rings. The fourth-order valence-electron chi connectivity index (χ4n) is 2.09. The summed E-state index contributed by atoms with van der Waals surface area (Å²) in [6, 6.07) is 5.22. The summed E-state index contributed by atoms with van der Waals surface area (Å²) in [5.41, 5.74) is 0.147. The van der Waals surface area contributed by atoms with Crippen LogP contribution in [0, 0.1) is 22.2 Å². The van der Waals surface area contributed by atoms with Crippen molar-refractivity contribution in [3.63, 3.8) is 0 Å². The molecule has 0 bridgehead atoms. The molecule has 2 N–H and O–H groups in total. The first kappa shape index (κ1) is 16.6. The molecule has 0 saturated carbocycles. The van der Waals surface area contributed by atoms with Gasteiger partial charge in [0.2, 0.25) is 11.6 Å². The number of aromatic hydroxyl groups is 2. The van der Waals surface area contributed by atoms with Crippen LogP contribution in [0.25, 0.3) is 22.8 Å². The number of phenolic OH excluding ortho intramolecular Hbond substituents is 2. The van der Waals surface area contributed by atoms with Crippen molar-refractivity contribution in [2.45, 2.75) is 6.92 Å². The summed E-state index contributed by atoms with van der Waals surface area (Å²) in [4.78, 5) is 14.1. The van der Waals surface area contributed by atoms with E-state index < -0.39 is 22.1 Å². The summed E-state index contributed by atoms with van der Waals surface area (Å²) < 4.78 is 5.87. The number of hydrogen-bond acceptors (Lipinski definition) is 8. The van der Waals surface area contributed by atoms with Gasteiger partial charge in [-0.3, -0.25) is 10.1 Å². The molecule has 0 fully saturated rings. The Kier molecular flexibility index (Phi) is 4.00. The van der Waals surface area contributed by atoms with Crippen molar-refractivity contribution in [1.82, 2.24) is 10.1 Å². The molecule has 0 aliphatic carbocycles. The summed E-state index contributed by atoms with van der Waals surface area (Å²) in [6.07, 6.45) is 0. The maximum absolute atomic E-state index is 11.9. The molecule has 0 amide bonds. The molecule has 11 heteroatoms. The van der Waals surface area contributed by atoms with Crippen molar-refractivity contribution >= 4 is 21.6 Å². The second kappa shape index (κ2) is 6.02. The van der Waals surface area contributed by atoms with E-state index in [4.69, 9.17) is 4.52 Å². The standard InChI is InChI=1S/C14H9BrN4O6/c1-6-2-3-8(12(15)18(6)22)13-16-14(25-17-13)7-4-9(19(23)24)11(21)10(20)5-7/h2-5,20-21H,1H3. The molecule has 0 atom stereocenters. The van der Waals surface area contributed by atoms with Gasteiger partial charge in [0, 0.05) is 35.0 Å². The van der Waals surface area contributed by atoms with Crippen LogP contribution < -0.4 is 4.73 Å². The van der Waals surface area contributed by atoms with E-state index in [9.17, 15) is 25.5 Å². The van der Waals surface area contributed by atoms with E-state index >= 15 is 0 Å². The molecule has 128 valence electrons. The number of phenols is 2. The van der Waals surface area contributed by atoms with Crippen molar-refractivity contribution in [3.8, 4) is 34.3 Å². The molecule has 0 spiro atoms. The zero-order valence-corrected chi connectivity index (χ0v) is 14.1. The van der Waals surface area contributed by atoms with E-state index in [1.54, 1.807) is 19.1 Å². The number of pyridine rings is 1. The summed E-state index contributed by atoms with van der Waals surface area (Å²) in [5.74, 6) is -1.61. The van der Waals surface area contributed by atoms with Crippen molar-refractivity contribution in [1.29, 1.82) is 0 Å². The normalized spacial score (nSPS) is 10.8. The lowest BCUT2D eigenvalue weighted by Gasteiger charge is -2.04. The van der Waals surface area contributed by atoms with Crippen molar-refractivity contribution < 1.29 is 24.4 Å². The van der Waals surface area contributed by atoms with Gasteiger partial charge in [-0.05, 0) is 12.1 Å². The Hall–Kier alpha value is -3.21. The molecule has 0 radical (unpaired) electrons. The van der Waals surface area contributed by atoms with Crippen LogP contribution >= 0.6 is 15.9 Å². The predicted molar refractivity (Wildman–Crippen MR) is 86.6 cm³/mol. The quantitative estimate of drug-likeness (QED) is 0.167. The van der Waals surface area contributed by atoms with Gasteiger partial charge < -0.3 is 19.9 Å².